The van der Waals surface area contributed by atoms with E-state index < -0.39 is 0 Å². The van der Waals surface area contributed by atoms with Crippen LogP contribution in [0.5, 0.6) is 0 Å². The molecule has 3 nitrogen and oxygen atoms in total. The molecule has 0 aliphatic carbocycles. The van der Waals surface area contributed by atoms with Crippen molar-refractivity contribution >= 4 is 0 Å². The quantitative estimate of drug-likeness (QED) is 0.531. The molecule has 29 valence electrons. The van der Waals surface area contributed by atoms with Gasteiger partial charge < -0.3 is 16.4 Å². The second kappa shape index (κ2) is 46.5. The number of hydrogen-bond acceptors (Lipinski definition) is 1. The van der Waals surface area contributed by atoms with Crippen LogP contribution in [0.1, 0.15) is 0 Å². The maximum atomic E-state index is 0. The van der Waals surface area contributed by atoms with E-state index in [0.717, 1.165) is 0 Å². The third-order valence-corrected chi connectivity index (χ3v) is 0. The Morgan fingerprint density at radius 2 is 0.800 bits per heavy atom. The Hall–Kier alpha value is 1.59. The molecule has 1 N–H and O–H groups in total. The normalized spacial score (nSPS) is 0. The summed E-state index contributed by atoms with van der Waals surface area (Å²) >= 11 is 0. The standard InChI is InChI=1S/La.Mn.H2O.2O/h;;1H2;;/q+3;+2;;2*-2/p-1. The Morgan fingerprint density at radius 1 is 0.800 bits per heavy atom. The third-order valence-electron chi connectivity index (χ3n) is 0. The molecule has 0 unspecified atom stereocenters. The van der Waals surface area contributed by atoms with E-state index in [1.54, 1.807) is 0 Å². The van der Waals surface area contributed by atoms with Gasteiger partial charge in [0.05, 0.1) is 0 Å². The van der Waals surface area contributed by atoms with Crippen LogP contribution < -0.4 is 0 Å². The second-order valence-corrected chi connectivity index (χ2v) is 0. The van der Waals surface area contributed by atoms with Crippen molar-refractivity contribution in [1.29, 1.82) is 0 Å². The molecular weight excluding hydrogens is 242 g/mol. The Morgan fingerprint density at radius 3 is 0.800 bits per heavy atom. The van der Waals surface area contributed by atoms with Crippen molar-refractivity contribution in [2.45, 2.75) is 0 Å². The van der Waals surface area contributed by atoms with Gasteiger partial charge in [0.1, 0.15) is 0 Å². The zero-order valence-corrected chi connectivity index (χ0v) is 7.03. The van der Waals surface area contributed by atoms with Crippen molar-refractivity contribution in [2.24, 2.45) is 0 Å². The van der Waals surface area contributed by atoms with Crippen molar-refractivity contribution in [3.05, 3.63) is 0 Å². The van der Waals surface area contributed by atoms with E-state index in [4.69, 9.17) is 0 Å². The van der Waals surface area contributed by atoms with Crippen molar-refractivity contribution in [1.82, 2.24) is 0 Å². The monoisotopic (exact) mass is 243 g/mol. The van der Waals surface area contributed by atoms with Gasteiger partial charge >= 0.3 is 52.7 Å². The maximum absolute atomic E-state index is 0. The molecule has 0 aliphatic rings. The molecule has 0 aromatic carbocycles. The smallest absolute Gasteiger partial charge is 2.00 e. The van der Waals surface area contributed by atoms with Crippen molar-refractivity contribution in [3.8, 4) is 0 Å². The van der Waals surface area contributed by atoms with Gasteiger partial charge in [0.15, 0.2) is 0 Å². The molecule has 0 bridgehead atoms. The summed E-state index contributed by atoms with van der Waals surface area (Å²) in [5.74, 6) is 0. The van der Waals surface area contributed by atoms with Crippen LogP contribution in [-0.4, -0.2) is 5.48 Å². The SMILES string of the molecule is [La+3].[Mn+2].[O-2].[O-2].[OH-]. The van der Waals surface area contributed by atoms with Crippen LogP contribution in [0.3, 0.4) is 0 Å². The van der Waals surface area contributed by atoms with E-state index in [9.17, 15) is 0 Å². The Kier molecular flexibility index (Phi) is 754. The van der Waals surface area contributed by atoms with E-state index in [2.05, 4.69) is 0 Å². The van der Waals surface area contributed by atoms with Crippen LogP contribution in [0.4, 0.5) is 0 Å². The van der Waals surface area contributed by atoms with Crippen LogP contribution in [0, 0.1) is 35.6 Å². The molecule has 0 fully saturated rings. The molecule has 0 rings (SSSR count). The minimum absolute atomic E-state index is 0. The van der Waals surface area contributed by atoms with Crippen LogP contribution >= 0.6 is 0 Å². The minimum Gasteiger partial charge on any atom is -2.00 e. The van der Waals surface area contributed by atoms with Crippen LogP contribution in [0.25, 0.3) is 0 Å². The van der Waals surface area contributed by atoms with Gasteiger partial charge in [-0.2, -0.15) is 0 Å². The first-order valence-corrected chi connectivity index (χ1v) is 0. The minimum atomic E-state index is 0. The largest absolute Gasteiger partial charge is 3.00 e. The van der Waals surface area contributed by atoms with Gasteiger partial charge in [-0.15, -0.1) is 0 Å². The zero-order valence-electron chi connectivity index (χ0n) is 2.22. The molecule has 0 aromatic rings. The van der Waals surface area contributed by atoms with Gasteiger partial charge in [-0.3, -0.25) is 0 Å². The van der Waals surface area contributed by atoms with Gasteiger partial charge in [-0.1, -0.05) is 0 Å². The number of rotatable bonds is 0. The predicted molar refractivity (Wildman–Crippen MR) is 3.31 cm³/mol. The molecule has 5 heavy (non-hydrogen) atoms. The molecule has 0 saturated carbocycles. The summed E-state index contributed by atoms with van der Waals surface area (Å²) in [7, 11) is 0. The zero-order chi connectivity index (χ0) is 0. The van der Waals surface area contributed by atoms with Gasteiger partial charge in [-0.25, -0.2) is 0 Å². The Bertz CT molecular complexity index is 6.85. The molecule has 0 spiro atoms. The first kappa shape index (κ1) is 81.2. The molecular formula is HLaMnO3. The summed E-state index contributed by atoms with van der Waals surface area (Å²) in [5, 5.41) is 0. The van der Waals surface area contributed by atoms with Gasteiger partial charge in [0, 0.05) is 0 Å². The van der Waals surface area contributed by atoms with Crippen LogP contribution in [-0.2, 0) is 28.0 Å². The Balaban J connectivity index is 0. The topological polar surface area (TPSA) is 87.0 Å². The fraction of sp³-hybridized carbons (Fsp3) is 0. The second-order valence-electron chi connectivity index (χ2n) is 0. The van der Waals surface area contributed by atoms with Crippen molar-refractivity contribution < 1.29 is 69.1 Å². The van der Waals surface area contributed by atoms with Crippen molar-refractivity contribution in [3.63, 3.8) is 0 Å². The molecule has 0 amide bonds. The maximum Gasteiger partial charge on any atom is 3.00 e. The summed E-state index contributed by atoms with van der Waals surface area (Å²) in [6.45, 7) is 0. The van der Waals surface area contributed by atoms with E-state index in [0.29, 0.717) is 0 Å². The van der Waals surface area contributed by atoms with E-state index >= 15 is 0 Å². The van der Waals surface area contributed by atoms with Crippen LogP contribution in [0.2, 0.25) is 0 Å². The molecule has 5 heteroatoms. The summed E-state index contributed by atoms with van der Waals surface area (Å²) < 4.78 is 0. The first-order chi connectivity index (χ1) is 0. The summed E-state index contributed by atoms with van der Waals surface area (Å²) in [4.78, 5) is 0. The average molecular weight is 243 g/mol. The summed E-state index contributed by atoms with van der Waals surface area (Å²) in [5.41, 5.74) is 0. The van der Waals surface area contributed by atoms with E-state index in [1.165, 1.54) is 0 Å². The molecule has 1 radical (unpaired) electrons. The predicted octanol–water partition coefficient (Wildman–Crippen LogP) is -0.417. The first-order valence-electron chi connectivity index (χ1n) is 0. The fourth-order valence-corrected chi connectivity index (χ4v) is 0. The Labute approximate surface area is 68.5 Å². The van der Waals surface area contributed by atoms with Gasteiger partial charge in [-0.05, 0) is 0 Å². The molecule has 0 heterocycles. The summed E-state index contributed by atoms with van der Waals surface area (Å²) in [6.07, 6.45) is 0. The number of hydrogen-bond donors (Lipinski definition) is 0. The van der Waals surface area contributed by atoms with Gasteiger partial charge in [0.2, 0.25) is 0 Å². The molecule has 0 aliphatic heterocycles. The van der Waals surface area contributed by atoms with Crippen molar-refractivity contribution in [2.75, 3.05) is 0 Å². The van der Waals surface area contributed by atoms with Crippen LogP contribution in [0.15, 0.2) is 0 Å². The van der Waals surface area contributed by atoms with E-state index in [1.807, 2.05) is 0 Å². The average Bonchev–Trinajstić information content (AvgIpc) is 0. The molecule has 0 atom stereocenters. The van der Waals surface area contributed by atoms with Gasteiger partial charge in [0.25, 0.3) is 0 Å². The summed E-state index contributed by atoms with van der Waals surface area (Å²) in [6, 6.07) is 0. The fourth-order valence-electron chi connectivity index (χ4n) is 0. The molecule has 0 saturated heterocycles. The third kappa shape index (κ3) is 28.4. The molecule has 0 aromatic heterocycles. The van der Waals surface area contributed by atoms with E-state index in [-0.39, 0.29) is 69.1 Å².